The quantitative estimate of drug-likeness (QED) is 0.422. The number of halogens is 4. The van der Waals surface area contributed by atoms with E-state index in [-0.39, 0.29) is 12.5 Å². The number of anilines is 1. The van der Waals surface area contributed by atoms with Gasteiger partial charge in [0.25, 0.3) is 5.91 Å². The first-order chi connectivity index (χ1) is 15.0. The van der Waals surface area contributed by atoms with Crippen LogP contribution in [0.5, 0.6) is 11.5 Å². The SMILES string of the molecule is CC(C)(Oc1ccc(Cl)cc1)C(=O)Nc1ccc(OCc2ccc(C(F)(F)F)cc2)cc1. The molecular formula is C24H21ClF3NO3. The second kappa shape index (κ2) is 9.53. The third-order valence-electron chi connectivity index (χ3n) is 4.53. The van der Waals surface area contributed by atoms with Crippen molar-refractivity contribution in [2.24, 2.45) is 0 Å². The second-order valence-electron chi connectivity index (χ2n) is 7.53. The van der Waals surface area contributed by atoms with Crippen LogP contribution >= 0.6 is 11.6 Å². The number of alkyl halides is 3. The summed E-state index contributed by atoms with van der Waals surface area (Å²) in [5.41, 5.74) is -0.684. The summed E-state index contributed by atoms with van der Waals surface area (Å²) in [6, 6.07) is 18.1. The van der Waals surface area contributed by atoms with E-state index in [9.17, 15) is 18.0 Å². The molecule has 1 N–H and O–H groups in total. The molecule has 0 bridgehead atoms. The average Bonchev–Trinajstić information content (AvgIpc) is 2.74. The molecule has 0 aliphatic heterocycles. The van der Waals surface area contributed by atoms with Gasteiger partial charge in [0, 0.05) is 10.7 Å². The number of benzene rings is 3. The molecular weight excluding hydrogens is 443 g/mol. The fraction of sp³-hybridized carbons (Fsp3) is 0.208. The van der Waals surface area contributed by atoms with Crippen LogP contribution < -0.4 is 14.8 Å². The lowest BCUT2D eigenvalue weighted by Crippen LogP contribution is -2.42. The molecule has 168 valence electrons. The van der Waals surface area contributed by atoms with Gasteiger partial charge in [0.05, 0.1) is 5.56 Å². The van der Waals surface area contributed by atoms with E-state index >= 15 is 0 Å². The molecule has 4 nitrogen and oxygen atoms in total. The highest BCUT2D eigenvalue weighted by molar-refractivity contribution is 6.30. The Labute approximate surface area is 188 Å². The van der Waals surface area contributed by atoms with Gasteiger partial charge >= 0.3 is 6.18 Å². The highest BCUT2D eigenvalue weighted by Gasteiger charge is 2.30. The van der Waals surface area contributed by atoms with E-state index in [4.69, 9.17) is 21.1 Å². The van der Waals surface area contributed by atoms with Crippen molar-refractivity contribution < 1.29 is 27.4 Å². The fourth-order valence-electron chi connectivity index (χ4n) is 2.72. The largest absolute Gasteiger partial charge is 0.489 e. The molecule has 0 radical (unpaired) electrons. The molecule has 0 aliphatic carbocycles. The molecule has 0 saturated carbocycles. The Bertz CT molecular complexity index is 1050. The van der Waals surface area contributed by atoms with Crippen LogP contribution in [0.25, 0.3) is 0 Å². The number of nitrogens with one attached hydrogen (secondary N) is 1. The smallest absolute Gasteiger partial charge is 0.416 e. The van der Waals surface area contributed by atoms with Gasteiger partial charge in [-0.25, -0.2) is 0 Å². The van der Waals surface area contributed by atoms with Gasteiger partial charge in [0.1, 0.15) is 18.1 Å². The molecule has 3 aromatic carbocycles. The molecule has 0 atom stereocenters. The van der Waals surface area contributed by atoms with Gasteiger partial charge in [0.2, 0.25) is 0 Å². The molecule has 3 aromatic rings. The van der Waals surface area contributed by atoms with Crippen molar-refractivity contribution in [3.8, 4) is 11.5 Å². The maximum atomic E-state index is 12.6. The maximum Gasteiger partial charge on any atom is 0.416 e. The van der Waals surface area contributed by atoms with Gasteiger partial charge in [-0.15, -0.1) is 0 Å². The minimum absolute atomic E-state index is 0.117. The van der Waals surface area contributed by atoms with Crippen molar-refractivity contribution in [3.05, 3.63) is 88.9 Å². The van der Waals surface area contributed by atoms with Crippen LogP contribution in [0.1, 0.15) is 25.0 Å². The Hall–Kier alpha value is -3.19. The normalized spacial score (nSPS) is 11.7. The highest BCUT2D eigenvalue weighted by Crippen LogP contribution is 2.29. The second-order valence-corrected chi connectivity index (χ2v) is 7.96. The molecule has 32 heavy (non-hydrogen) atoms. The summed E-state index contributed by atoms with van der Waals surface area (Å²) in [6.45, 7) is 3.42. The van der Waals surface area contributed by atoms with Gasteiger partial charge in [-0.1, -0.05) is 23.7 Å². The molecule has 0 unspecified atom stereocenters. The minimum Gasteiger partial charge on any atom is -0.489 e. The number of carbonyl (C=O) groups excluding carboxylic acids is 1. The van der Waals surface area contributed by atoms with Crippen molar-refractivity contribution in [1.82, 2.24) is 0 Å². The van der Waals surface area contributed by atoms with Gasteiger partial charge in [0.15, 0.2) is 5.60 Å². The molecule has 0 spiro atoms. The van der Waals surface area contributed by atoms with E-state index in [1.54, 1.807) is 62.4 Å². The van der Waals surface area contributed by atoms with Crippen molar-refractivity contribution in [3.63, 3.8) is 0 Å². The van der Waals surface area contributed by atoms with E-state index in [0.717, 1.165) is 12.1 Å². The first-order valence-electron chi connectivity index (χ1n) is 9.68. The van der Waals surface area contributed by atoms with Crippen LogP contribution in [0.15, 0.2) is 72.8 Å². The topological polar surface area (TPSA) is 47.6 Å². The van der Waals surface area contributed by atoms with Crippen molar-refractivity contribution in [2.75, 3.05) is 5.32 Å². The summed E-state index contributed by atoms with van der Waals surface area (Å²) < 4.78 is 49.2. The zero-order chi connectivity index (χ0) is 23.4. The first kappa shape index (κ1) is 23.5. The van der Waals surface area contributed by atoms with E-state index < -0.39 is 17.3 Å². The zero-order valence-electron chi connectivity index (χ0n) is 17.4. The Morgan fingerprint density at radius 3 is 2.00 bits per heavy atom. The number of rotatable bonds is 7. The van der Waals surface area contributed by atoms with E-state index in [1.807, 2.05) is 0 Å². The standard InChI is InChI=1S/C24H21ClF3NO3/c1-23(2,32-21-11-7-18(25)8-12-21)22(30)29-19-9-13-20(14-10-19)31-15-16-3-5-17(6-4-16)24(26,27)28/h3-14H,15H2,1-2H3,(H,29,30). The third kappa shape index (κ3) is 6.40. The van der Waals surface area contributed by atoms with Crippen molar-refractivity contribution >= 4 is 23.2 Å². The summed E-state index contributed by atoms with van der Waals surface area (Å²) in [4.78, 5) is 12.6. The van der Waals surface area contributed by atoms with E-state index in [2.05, 4.69) is 5.32 Å². The molecule has 0 aromatic heterocycles. The summed E-state index contributed by atoms with van der Waals surface area (Å²) in [6.07, 6.45) is -4.37. The summed E-state index contributed by atoms with van der Waals surface area (Å²) in [7, 11) is 0. The molecule has 3 rings (SSSR count). The number of ether oxygens (including phenoxy) is 2. The van der Waals surface area contributed by atoms with Gasteiger partial charge in [-0.3, -0.25) is 4.79 Å². The minimum atomic E-state index is -4.37. The molecule has 0 heterocycles. The molecule has 1 amide bonds. The lowest BCUT2D eigenvalue weighted by molar-refractivity contribution is -0.137. The Morgan fingerprint density at radius 2 is 1.44 bits per heavy atom. The maximum absolute atomic E-state index is 12.6. The van der Waals surface area contributed by atoms with Crippen LogP contribution in [-0.2, 0) is 17.6 Å². The van der Waals surface area contributed by atoms with Crippen molar-refractivity contribution in [2.45, 2.75) is 32.2 Å². The molecule has 0 fully saturated rings. The average molecular weight is 464 g/mol. The predicted octanol–water partition coefficient (Wildman–Crippen LogP) is 6.73. The highest BCUT2D eigenvalue weighted by atomic mass is 35.5. The van der Waals surface area contributed by atoms with Crippen LogP contribution in [0.3, 0.4) is 0 Å². The van der Waals surface area contributed by atoms with Crippen LogP contribution in [0.2, 0.25) is 5.02 Å². The van der Waals surface area contributed by atoms with Crippen LogP contribution in [0.4, 0.5) is 18.9 Å². The van der Waals surface area contributed by atoms with Crippen LogP contribution in [-0.4, -0.2) is 11.5 Å². The predicted molar refractivity (Wildman–Crippen MR) is 117 cm³/mol. The zero-order valence-corrected chi connectivity index (χ0v) is 18.1. The van der Waals surface area contributed by atoms with E-state index in [1.165, 1.54) is 12.1 Å². The number of carbonyl (C=O) groups is 1. The molecule has 8 heteroatoms. The lowest BCUT2D eigenvalue weighted by atomic mass is 10.1. The number of hydrogen-bond donors (Lipinski definition) is 1. The lowest BCUT2D eigenvalue weighted by Gasteiger charge is -2.25. The molecule has 0 aliphatic rings. The Kier molecular flexibility index (Phi) is 6.99. The Morgan fingerprint density at radius 1 is 0.875 bits per heavy atom. The van der Waals surface area contributed by atoms with Gasteiger partial charge in [-0.2, -0.15) is 13.2 Å². The monoisotopic (exact) mass is 463 g/mol. The van der Waals surface area contributed by atoms with Gasteiger partial charge < -0.3 is 14.8 Å². The van der Waals surface area contributed by atoms with E-state index in [0.29, 0.717) is 27.8 Å². The number of hydrogen-bond acceptors (Lipinski definition) is 3. The van der Waals surface area contributed by atoms with Crippen molar-refractivity contribution in [1.29, 1.82) is 0 Å². The third-order valence-corrected chi connectivity index (χ3v) is 4.78. The Balaban J connectivity index is 1.54. The fourth-order valence-corrected chi connectivity index (χ4v) is 2.84. The van der Waals surface area contributed by atoms with Gasteiger partial charge in [-0.05, 0) is 80.1 Å². The first-order valence-corrected chi connectivity index (χ1v) is 10.1. The summed E-state index contributed by atoms with van der Waals surface area (Å²) in [5, 5.41) is 3.35. The summed E-state index contributed by atoms with van der Waals surface area (Å²) in [5.74, 6) is 0.687. The van der Waals surface area contributed by atoms with Crippen LogP contribution in [0, 0.1) is 0 Å². The summed E-state index contributed by atoms with van der Waals surface area (Å²) >= 11 is 5.86. The molecule has 0 saturated heterocycles. The number of amides is 1.